The summed E-state index contributed by atoms with van der Waals surface area (Å²) in [5.41, 5.74) is 5.44. The Labute approximate surface area is 153 Å². The van der Waals surface area contributed by atoms with Crippen LogP contribution in [0.25, 0.3) is 11.1 Å². The normalized spacial score (nSPS) is 12.0. The Balaban J connectivity index is 1.75. The van der Waals surface area contributed by atoms with Crippen molar-refractivity contribution >= 4 is 11.6 Å². The molecule has 0 atom stereocenters. The van der Waals surface area contributed by atoms with Crippen LogP contribution in [0.4, 0.5) is 0 Å². The van der Waals surface area contributed by atoms with Crippen LogP contribution in [-0.2, 0) is 6.42 Å². The number of unbranched alkanes of at least 4 members (excludes halogenated alkanes) is 1. The van der Waals surface area contributed by atoms with Gasteiger partial charge in [-0.1, -0.05) is 80.1 Å². The van der Waals surface area contributed by atoms with Crippen molar-refractivity contribution in [3.8, 4) is 11.1 Å². The van der Waals surface area contributed by atoms with Gasteiger partial charge in [0.25, 0.3) is 0 Å². The zero-order valence-electron chi connectivity index (χ0n) is 14.8. The number of hydrogen-bond acceptors (Lipinski definition) is 2. The summed E-state index contributed by atoms with van der Waals surface area (Å²) in [5, 5.41) is 0. The van der Waals surface area contributed by atoms with Gasteiger partial charge in [-0.25, -0.2) is 0 Å². The highest BCUT2D eigenvalue weighted by molar-refractivity contribution is 6.26. The van der Waals surface area contributed by atoms with Gasteiger partial charge < -0.3 is 0 Å². The lowest BCUT2D eigenvalue weighted by molar-refractivity contribution is 0.103. The van der Waals surface area contributed by atoms with Crippen LogP contribution in [0.3, 0.4) is 0 Å². The Kier molecular flexibility index (Phi) is 4.26. The van der Waals surface area contributed by atoms with E-state index in [1.165, 1.54) is 5.56 Å². The van der Waals surface area contributed by atoms with Gasteiger partial charge in [-0.05, 0) is 24.0 Å². The molecule has 0 unspecified atom stereocenters. The van der Waals surface area contributed by atoms with E-state index in [9.17, 15) is 9.59 Å². The molecular formula is C24H20O2. The first-order valence-corrected chi connectivity index (χ1v) is 9.11. The molecule has 0 heterocycles. The monoisotopic (exact) mass is 340 g/mol. The van der Waals surface area contributed by atoms with Crippen molar-refractivity contribution in [1.82, 2.24) is 0 Å². The maximum Gasteiger partial charge on any atom is 0.194 e. The lowest BCUT2D eigenvalue weighted by Gasteiger charge is -2.09. The average molecular weight is 340 g/mol. The molecule has 0 aromatic heterocycles. The number of rotatable bonds is 5. The third-order valence-electron chi connectivity index (χ3n) is 5.03. The number of benzene rings is 3. The predicted octanol–water partition coefficient (Wildman–Crippen LogP) is 5.47. The van der Waals surface area contributed by atoms with Crippen molar-refractivity contribution in [2.45, 2.75) is 26.2 Å². The van der Waals surface area contributed by atoms with E-state index >= 15 is 0 Å². The second-order valence-electron chi connectivity index (χ2n) is 6.73. The molecular weight excluding hydrogens is 320 g/mol. The highest BCUT2D eigenvalue weighted by Crippen LogP contribution is 2.39. The molecule has 0 aliphatic heterocycles. The van der Waals surface area contributed by atoms with Crippen LogP contribution in [0.5, 0.6) is 0 Å². The summed E-state index contributed by atoms with van der Waals surface area (Å²) in [6.45, 7) is 2.17. The molecule has 1 aliphatic carbocycles. The highest BCUT2D eigenvalue weighted by Gasteiger charge is 2.30. The summed E-state index contributed by atoms with van der Waals surface area (Å²) < 4.78 is 0. The Morgan fingerprint density at radius 3 is 2.23 bits per heavy atom. The second-order valence-corrected chi connectivity index (χ2v) is 6.73. The molecule has 0 fully saturated rings. The van der Waals surface area contributed by atoms with Crippen LogP contribution in [0.1, 0.15) is 57.2 Å². The average Bonchev–Trinajstić information content (AvgIpc) is 2.99. The zero-order chi connectivity index (χ0) is 18.1. The quantitative estimate of drug-likeness (QED) is 0.451. The first-order chi connectivity index (χ1) is 12.7. The summed E-state index contributed by atoms with van der Waals surface area (Å²) in [4.78, 5) is 25.8. The summed E-state index contributed by atoms with van der Waals surface area (Å²) >= 11 is 0. The summed E-state index contributed by atoms with van der Waals surface area (Å²) in [7, 11) is 0. The van der Waals surface area contributed by atoms with Gasteiger partial charge in [0.1, 0.15) is 0 Å². The molecule has 4 rings (SSSR count). The molecule has 2 nitrogen and oxygen atoms in total. The summed E-state index contributed by atoms with van der Waals surface area (Å²) in [5.74, 6) is -0.0337. The van der Waals surface area contributed by atoms with Crippen molar-refractivity contribution in [2.75, 3.05) is 0 Å². The van der Waals surface area contributed by atoms with Gasteiger partial charge in [0.2, 0.25) is 0 Å². The Hall–Kier alpha value is -3.00. The van der Waals surface area contributed by atoms with Gasteiger partial charge in [-0.2, -0.15) is 0 Å². The van der Waals surface area contributed by atoms with Crippen LogP contribution in [0, 0.1) is 0 Å². The molecule has 0 saturated carbocycles. The van der Waals surface area contributed by atoms with Crippen molar-refractivity contribution in [1.29, 1.82) is 0 Å². The molecule has 0 amide bonds. The topological polar surface area (TPSA) is 34.1 Å². The fourth-order valence-corrected chi connectivity index (χ4v) is 3.62. The van der Waals surface area contributed by atoms with E-state index in [0.29, 0.717) is 22.3 Å². The molecule has 0 spiro atoms. The van der Waals surface area contributed by atoms with Crippen molar-refractivity contribution in [3.05, 3.63) is 94.5 Å². The minimum atomic E-state index is -0.0339. The van der Waals surface area contributed by atoms with Crippen LogP contribution in [-0.4, -0.2) is 11.6 Å². The first-order valence-electron chi connectivity index (χ1n) is 9.11. The van der Waals surface area contributed by atoms with Crippen molar-refractivity contribution < 1.29 is 9.59 Å². The molecule has 0 bridgehead atoms. The Morgan fingerprint density at radius 1 is 0.808 bits per heavy atom. The SMILES string of the molecule is CCCCc1ccc(C(=O)c2cccc3c2-c2ccccc2C3=O)cc1. The van der Waals surface area contributed by atoms with Gasteiger partial charge in [-0.15, -0.1) is 0 Å². The number of fused-ring (bicyclic) bond motifs is 3. The fraction of sp³-hybridized carbons (Fsp3) is 0.167. The highest BCUT2D eigenvalue weighted by atomic mass is 16.1. The number of ketones is 2. The number of carbonyl (C=O) groups is 2. The lowest BCUT2D eigenvalue weighted by Crippen LogP contribution is -2.05. The maximum absolute atomic E-state index is 13.1. The standard InChI is InChI=1S/C24H20O2/c1-2-3-7-16-12-14-17(15-13-16)23(25)20-10-6-11-21-22(20)18-8-4-5-9-19(18)24(21)26/h4-6,8-15H,2-3,7H2,1H3. The Bertz CT molecular complexity index is 997. The molecule has 1 aliphatic rings. The van der Waals surface area contributed by atoms with E-state index in [2.05, 4.69) is 6.92 Å². The fourth-order valence-electron chi connectivity index (χ4n) is 3.62. The largest absolute Gasteiger partial charge is 0.289 e. The van der Waals surface area contributed by atoms with E-state index in [1.54, 1.807) is 6.07 Å². The van der Waals surface area contributed by atoms with E-state index in [0.717, 1.165) is 30.4 Å². The van der Waals surface area contributed by atoms with Gasteiger partial charge >= 0.3 is 0 Å². The first kappa shape index (κ1) is 16.5. The van der Waals surface area contributed by atoms with E-state index in [-0.39, 0.29) is 11.6 Å². The van der Waals surface area contributed by atoms with Gasteiger partial charge in [-0.3, -0.25) is 9.59 Å². The van der Waals surface area contributed by atoms with E-state index in [4.69, 9.17) is 0 Å². The molecule has 3 aromatic carbocycles. The molecule has 0 N–H and O–H groups in total. The van der Waals surface area contributed by atoms with Crippen molar-refractivity contribution in [2.24, 2.45) is 0 Å². The number of carbonyl (C=O) groups excluding carboxylic acids is 2. The summed E-state index contributed by atoms with van der Waals surface area (Å²) in [6.07, 6.45) is 3.34. The maximum atomic E-state index is 13.1. The summed E-state index contributed by atoms with van der Waals surface area (Å²) in [6, 6.07) is 20.8. The molecule has 26 heavy (non-hydrogen) atoms. The number of aryl methyl sites for hydroxylation is 1. The van der Waals surface area contributed by atoms with Crippen LogP contribution in [0.2, 0.25) is 0 Å². The minimum absolute atomic E-state index is 0.000151. The molecule has 128 valence electrons. The van der Waals surface area contributed by atoms with Crippen LogP contribution in [0.15, 0.2) is 66.7 Å². The second kappa shape index (κ2) is 6.72. The number of hydrogen-bond donors (Lipinski definition) is 0. The van der Waals surface area contributed by atoms with Gasteiger partial charge in [0.05, 0.1) is 0 Å². The molecule has 3 aromatic rings. The molecule has 0 saturated heterocycles. The predicted molar refractivity (Wildman–Crippen MR) is 104 cm³/mol. The zero-order valence-corrected chi connectivity index (χ0v) is 14.8. The minimum Gasteiger partial charge on any atom is -0.289 e. The van der Waals surface area contributed by atoms with Crippen molar-refractivity contribution in [3.63, 3.8) is 0 Å². The third kappa shape index (κ3) is 2.68. The van der Waals surface area contributed by atoms with Gasteiger partial charge in [0, 0.05) is 27.8 Å². The smallest absolute Gasteiger partial charge is 0.194 e. The van der Waals surface area contributed by atoms with Crippen LogP contribution < -0.4 is 0 Å². The van der Waals surface area contributed by atoms with Gasteiger partial charge in [0.15, 0.2) is 11.6 Å². The molecule has 0 radical (unpaired) electrons. The van der Waals surface area contributed by atoms with Crippen LogP contribution >= 0.6 is 0 Å². The lowest BCUT2D eigenvalue weighted by atomic mass is 9.93. The van der Waals surface area contributed by atoms with E-state index in [1.807, 2.05) is 60.7 Å². The third-order valence-corrected chi connectivity index (χ3v) is 5.03. The van der Waals surface area contributed by atoms with E-state index < -0.39 is 0 Å². The Morgan fingerprint density at radius 2 is 1.50 bits per heavy atom. The molecule has 2 heteroatoms.